The molecular formula is C22H26F2N2O4. The lowest BCUT2D eigenvalue weighted by Gasteiger charge is -2.14. The molecule has 0 heterocycles. The van der Waals surface area contributed by atoms with Crippen molar-refractivity contribution in [3.8, 4) is 17.2 Å². The van der Waals surface area contributed by atoms with Gasteiger partial charge >= 0.3 is 6.61 Å². The number of hydrazone groups is 1. The minimum atomic E-state index is -3.02. The lowest BCUT2D eigenvalue weighted by molar-refractivity contribution is -0.123. The quantitative estimate of drug-likeness (QED) is 0.449. The number of nitrogens with one attached hydrogen (secondary N) is 1. The third-order valence-electron chi connectivity index (χ3n) is 4.06. The summed E-state index contributed by atoms with van der Waals surface area (Å²) in [6.07, 6.45) is 1.21. The number of hydrogen-bond acceptors (Lipinski definition) is 5. The van der Waals surface area contributed by atoms with Gasteiger partial charge in [0.15, 0.2) is 18.1 Å². The summed E-state index contributed by atoms with van der Waals surface area (Å²) < 4.78 is 41.0. The molecule has 2 rings (SSSR count). The first kappa shape index (κ1) is 23.1. The summed E-state index contributed by atoms with van der Waals surface area (Å²) in [4.78, 5) is 12.1. The fourth-order valence-corrected chi connectivity index (χ4v) is 2.71. The van der Waals surface area contributed by atoms with Gasteiger partial charge in [0.1, 0.15) is 5.75 Å². The molecule has 30 heavy (non-hydrogen) atoms. The van der Waals surface area contributed by atoms with Gasteiger partial charge in [-0.3, -0.25) is 4.79 Å². The van der Waals surface area contributed by atoms with Crippen molar-refractivity contribution in [3.05, 3.63) is 53.1 Å². The van der Waals surface area contributed by atoms with Gasteiger partial charge < -0.3 is 14.2 Å². The number of rotatable bonds is 10. The lowest BCUT2D eigenvalue weighted by Crippen LogP contribution is -2.25. The number of alkyl halides is 2. The molecule has 2 aromatic carbocycles. The highest BCUT2D eigenvalue weighted by molar-refractivity contribution is 5.86. The van der Waals surface area contributed by atoms with Crippen LogP contribution in [0.15, 0.2) is 41.5 Å². The zero-order valence-electron chi connectivity index (χ0n) is 17.4. The molecular weight excluding hydrogens is 394 g/mol. The molecule has 0 aliphatic rings. The van der Waals surface area contributed by atoms with E-state index in [4.69, 9.17) is 9.47 Å². The van der Waals surface area contributed by atoms with Crippen molar-refractivity contribution in [2.75, 3.05) is 13.2 Å². The molecule has 0 radical (unpaired) electrons. The average Bonchev–Trinajstić information content (AvgIpc) is 2.68. The van der Waals surface area contributed by atoms with E-state index in [1.807, 2.05) is 39.0 Å². The van der Waals surface area contributed by atoms with Crippen molar-refractivity contribution in [2.45, 2.75) is 40.2 Å². The molecule has 0 spiro atoms. The third kappa shape index (κ3) is 6.72. The summed E-state index contributed by atoms with van der Waals surface area (Å²) >= 11 is 0. The number of para-hydroxylation sites is 1. The molecule has 0 saturated heterocycles. The van der Waals surface area contributed by atoms with E-state index in [9.17, 15) is 13.6 Å². The van der Waals surface area contributed by atoms with E-state index in [2.05, 4.69) is 15.3 Å². The number of carbonyl (C=O) groups is 1. The van der Waals surface area contributed by atoms with Gasteiger partial charge in [0.25, 0.3) is 5.91 Å². The Bertz CT molecular complexity index is 885. The molecule has 0 unspecified atom stereocenters. The second-order valence-electron chi connectivity index (χ2n) is 6.76. The van der Waals surface area contributed by atoms with Gasteiger partial charge in [-0.25, -0.2) is 5.43 Å². The SMILES string of the molecule is CCOc1cccc(/C=N\NC(=O)COc2cc(C)ccc2C(C)C)c1OC(F)F. The summed E-state index contributed by atoms with van der Waals surface area (Å²) in [7, 11) is 0. The van der Waals surface area contributed by atoms with Crippen LogP contribution in [0.3, 0.4) is 0 Å². The van der Waals surface area contributed by atoms with Gasteiger partial charge in [0.2, 0.25) is 0 Å². The molecule has 0 aliphatic carbocycles. The molecule has 0 bridgehead atoms. The number of nitrogens with zero attached hydrogens (tertiary/aromatic N) is 1. The van der Waals surface area contributed by atoms with Crippen LogP contribution in [0, 0.1) is 6.92 Å². The maximum atomic E-state index is 12.7. The van der Waals surface area contributed by atoms with E-state index >= 15 is 0 Å². The molecule has 0 aromatic heterocycles. The summed E-state index contributed by atoms with van der Waals surface area (Å²) in [5, 5.41) is 3.81. The number of halogens is 2. The van der Waals surface area contributed by atoms with Crippen molar-refractivity contribution in [3.63, 3.8) is 0 Å². The van der Waals surface area contributed by atoms with Gasteiger partial charge in [-0.1, -0.05) is 32.0 Å². The van der Waals surface area contributed by atoms with Crippen LogP contribution in [0.5, 0.6) is 17.2 Å². The zero-order chi connectivity index (χ0) is 22.1. The Kier molecular flexibility index (Phi) is 8.58. The van der Waals surface area contributed by atoms with Gasteiger partial charge in [0.05, 0.1) is 12.8 Å². The highest BCUT2D eigenvalue weighted by atomic mass is 19.3. The number of carbonyl (C=O) groups excluding carboxylic acids is 1. The zero-order valence-corrected chi connectivity index (χ0v) is 17.4. The van der Waals surface area contributed by atoms with Crippen LogP contribution in [-0.4, -0.2) is 31.9 Å². The molecule has 0 aliphatic heterocycles. The van der Waals surface area contributed by atoms with E-state index in [-0.39, 0.29) is 36.2 Å². The number of ether oxygens (including phenoxy) is 3. The Hall–Kier alpha value is -3.16. The predicted octanol–water partition coefficient (Wildman–Crippen LogP) is 4.65. The topological polar surface area (TPSA) is 69.2 Å². The summed E-state index contributed by atoms with van der Waals surface area (Å²) in [5.41, 5.74) is 4.58. The van der Waals surface area contributed by atoms with Crippen molar-refractivity contribution in [1.29, 1.82) is 0 Å². The van der Waals surface area contributed by atoms with E-state index in [1.165, 1.54) is 18.3 Å². The number of benzene rings is 2. The molecule has 6 nitrogen and oxygen atoms in total. The fraction of sp³-hybridized carbons (Fsp3) is 0.364. The van der Waals surface area contributed by atoms with Gasteiger partial charge in [-0.15, -0.1) is 0 Å². The van der Waals surface area contributed by atoms with Crippen molar-refractivity contribution in [2.24, 2.45) is 5.10 Å². The van der Waals surface area contributed by atoms with Gasteiger partial charge in [0, 0.05) is 5.56 Å². The molecule has 162 valence electrons. The molecule has 2 aromatic rings. The van der Waals surface area contributed by atoms with Crippen molar-refractivity contribution >= 4 is 12.1 Å². The highest BCUT2D eigenvalue weighted by Crippen LogP contribution is 2.32. The molecule has 0 atom stereocenters. The van der Waals surface area contributed by atoms with Crippen LogP contribution in [0.1, 0.15) is 43.4 Å². The second kappa shape index (κ2) is 11.1. The van der Waals surface area contributed by atoms with E-state index in [1.54, 1.807) is 13.0 Å². The number of hydrogen-bond donors (Lipinski definition) is 1. The summed E-state index contributed by atoms with van der Waals surface area (Å²) in [6.45, 7) is 4.77. The van der Waals surface area contributed by atoms with Gasteiger partial charge in [-0.05, 0) is 49.1 Å². The molecule has 0 saturated carbocycles. The van der Waals surface area contributed by atoms with Crippen LogP contribution >= 0.6 is 0 Å². The monoisotopic (exact) mass is 420 g/mol. The fourth-order valence-electron chi connectivity index (χ4n) is 2.71. The minimum absolute atomic E-state index is 0.148. The summed E-state index contributed by atoms with van der Waals surface area (Å²) in [6, 6.07) is 10.5. The Labute approximate surface area is 174 Å². The van der Waals surface area contributed by atoms with Crippen molar-refractivity contribution in [1.82, 2.24) is 5.43 Å². The molecule has 1 amide bonds. The van der Waals surface area contributed by atoms with Gasteiger partial charge in [-0.2, -0.15) is 13.9 Å². The third-order valence-corrected chi connectivity index (χ3v) is 4.06. The van der Waals surface area contributed by atoms with E-state index in [0.29, 0.717) is 5.75 Å². The normalized spacial score (nSPS) is 11.2. The smallest absolute Gasteiger partial charge is 0.387 e. The summed E-state index contributed by atoms with van der Waals surface area (Å²) in [5.74, 6) is 0.412. The van der Waals surface area contributed by atoms with Crippen LogP contribution in [0.25, 0.3) is 0 Å². The molecule has 1 N–H and O–H groups in total. The Morgan fingerprint density at radius 2 is 1.93 bits per heavy atom. The first-order chi connectivity index (χ1) is 14.3. The Morgan fingerprint density at radius 1 is 1.17 bits per heavy atom. The number of aryl methyl sites for hydroxylation is 1. The van der Waals surface area contributed by atoms with E-state index in [0.717, 1.165) is 11.1 Å². The first-order valence-corrected chi connectivity index (χ1v) is 9.57. The highest BCUT2D eigenvalue weighted by Gasteiger charge is 2.15. The maximum absolute atomic E-state index is 12.7. The minimum Gasteiger partial charge on any atom is -0.490 e. The van der Waals surface area contributed by atoms with Crippen molar-refractivity contribution < 1.29 is 27.8 Å². The average molecular weight is 420 g/mol. The molecule has 8 heteroatoms. The maximum Gasteiger partial charge on any atom is 0.387 e. The van der Waals surface area contributed by atoms with Crippen LogP contribution < -0.4 is 19.6 Å². The lowest BCUT2D eigenvalue weighted by atomic mass is 10.0. The standard InChI is InChI=1S/C22H26F2N2O4/c1-5-28-18-8-6-7-16(21(18)30-22(23)24)12-25-26-20(27)13-29-19-11-15(4)9-10-17(19)14(2)3/h6-12,14,22H,5,13H2,1-4H3,(H,26,27)/b25-12-. The Balaban J connectivity index is 2.03. The molecule has 0 fully saturated rings. The predicted molar refractivity (Wildman–Crippen MR) is 111 cm³/mol. The Morgan fingerprint density at radius 3 is 2.60 bits per heavy atom. The van der Waals surface area contributed by atoms with Crippen LogP contribution in [0.4, 0.5) is 8.78 Å². The second-order valence-corrected chi connectivity index (χ2v) is 6.76. The van der Waals surface area contributed by atoms with E-state index < -0.39 is 12.5 Å². The van der Waals surface area contributed by atoms with Crippen LogP contribution in [0.2, 0.25) is 0 Å². The first-order valence-electron chi connectivity index (χ1n) is 9.57. The largest absolute Gasteiger partial charge is 0.490 e. The van der Waals surface area contributed by atoms with Crippen LogP contribution in [-0.2, 0) is 4.79 Å². The number of amides is 1.